The molecule has 0 bridgehead atoms. The van der Waals surface area contributed by atoms with E-state index >= 15 is 0 Å². The van der Waals surface area contributed by atoms with E-state index in [2.05, 4.69) is 36.4 Å². The Morgan fingerprint density at radius 2 is 2.05 bits per heavy atom. The Morgan fingerprint density at radius 1 is 1.36 bits per heavy atom. The van der Waals surface area contributed by atoms with E-state index in [4.69, 9.17) is 11.6 Å². The molecular formula is C17H20ClN3O. The summed E-state index contributed by atoms with van der Waals surface area (Å²) in [6, 6.07) is 8.18. The Labute approximate surface area is 135 Å². The van der Waals surface area contributed by atoms with Gasteiger partial charge >= 0.3 is 0 Å². The molecule has 0 fully saturated rings. The maximum atomic E-state index is 11.8. The second-order valence-electron chi connectivity index (χ2n) is 5.44. The lowest BCUT2D eigenvalue weighted by molar-refractivity contribution is -0.116. The first-order valence-electron chi connectivity index (χ1n) is 7.19. The molecule has 2 aromatic rings. The van der Waals surface area contributed by atoms with Crippen LogP contribution in [-0.4, -0.2) is 15.7 Å². The summed E-state index contributed by atoms with van der Waals surface area (Å²) >= 11 is 5.99. The van der Waals surface area contributed by atoms with Gasteiger partial charge in [0.05, 0.1) is 23.5 Å². The van der Waals surface area contributed by atoms with Gasteiger partial charge in [0.2, 0.25) is 5.91 Å². The molecular weight excluding hydrogens is 298 g/mol. The van der Waals surface area contributed by atoms with Crippen LogP contribution in [0.3, 0.4) is 0 Å². The van der Waals surface area contributed by atoms with E-state index in [-0.39, 0.29) is 5.91 Å². The standard InChI is InChI=1S/C17H20ClN3O/c1-12(2)14-7-4-13(5-8-14)6-9-17(22)19-11-16-15(18)10-20-21(16)3/h4-10,12H,11H2,1-3H3,(H,19,22)/b9-6+. The van der Waals surface area contributed by atoms with Crippen molar-refractivity contribution in [3.05, 3.63) is 58.4 Å². The van der Waals surface area contributed by atoms with Crippen LogP contribution in [0.4, 0.5) is 0 Å². The largest absolute Gasteiger partial charge is 0.347 e. The summed E-state index contributed by atoms with van der Waals surface area (Å²) in [6.45, 7) is 4.66. The topological polar surface area (TPSA) is 46.9 Å². The molecule has 0 unspecified atom stereocenters. The summed E-state index contributed by atoms with van der Waals surface area (Å²) in [5.74, 6) is 0.343. The highest BCUT2D eigenvalue weighted by Crippen LogP contribution is 2.15. The minimum absolute atomic E-state index is 0.162. The fraction of sp³-hybridized carbons (Fsp3) is 0.294. The molecule has 4 nitrogen and oxygen atoms in total. The lowest BCUT2D eigenvalue weighted by atomic mass is 10.0. The number of carbonyl (C=O) groups excluding carboxylic acids is 1. The monoisotopic (exact) mass is 317 g/mol. The predicted octanol–water partition coefficient (Wildman–Crippen LogP) is 3.53. The molecule has 0 saturated carbocycles. The number of nitrogens with zero attached hydrogens (tertiary/aromatic N) is 2. The van der Waals surface area contributed by atoms with E-state index in [1.165, 1.54) is 11.6 Å². The minimum Gasteiger partial charge on any atom is -0.347 e. The summed E-state index contributed by atoms with van der Waals surface area (Å²) in [4.78, 5) is 11.8. The normalized spacial score (nSPS) is 11.3. The van der Waals surface area contributed by atoms with Crippen LogP contribution >= 0.6 is 11.6 Å². The van der Waals surface area contributed by atoms with Crippen molar-refractivity contribution in [3.63, 3.8) is 0 Å². The Morgan fingerprint density at radius 3 is 2.59 bits per heavy atom. The molecule has 2 rings (SSSR count). The number of carbonyl (C=O) groups is 1. The summed E-state index contributed by atoms with van der Waals surface area (Å²) in [5, 5.41) is 7.37. The third-order valence-electron chi connectivity index (χ3n) is 3.47. The highest BCUT2D eigenvalue weighted by atomic mass is 35.5. The SMILES string of the molecule is CC(C)c1ccc(/C=C/C(=O)NCc2c(Cl)cnn2C)cc1. The molecule has 0 radical (unpaired) electrons. The van der Waals surface area contributed by atoms with Gasteiger partial charge in [0.15, 0.2) is 0 Å². The van der Waals surface area contributed by atoms with Crippen molar-refractivity contribution in [2.45, 2.75) is 26.3 Å². The van der Waals surface area contributed by atoms with Gasteiger partial charge in [-0.05, 0) is 23.1 Å². The van der Waals surface area contributed by atoms with Gasteiger partial charge in [0, 0.05) is 13.1 Å². The molecule has 0 saturated heterocycles. The van der Waals surface area contributed by atoms with Gasteiger partial charge in [-0.2, -0.15) is 5.10 Å². The lowest BCUT2D eigenvalue weighted by Gasteiger charge is -2.05. The zero-order valence-corrected chi connectivity index (χ0v) is 13.8. The van der Waals surface area contributed by atoms with Gasteiger partial charge in [0.25, 0.3) is 0 Å². The molecule has 0 aliphatic heterocycles. The first-order valence-corrected chi connectivity index (χ1v) is 7.57. The maximum Gasteiger partial charge on any atom is 0.244 e. The molecule has 0 aliphatic rings. The van der Waals surface area contributed by atoms with Crippen LogP contribution in [0.5, 0.6) is 0 Å². The van der Waals surface area contributed by atoms with E-state index in [1.807, 2.05) is 12.1 Å². The summed E-state index contributed by atoms with van der Waals surface area (Å²) in [6.07, 6.45) is 4.88. The Kier molecular flexibility index (Phi) is 5.39. The molecule has 0 spiro atoms. The van der Waals surface area contributed by atoms with Gasteiger partial charge in [-0.1, -0.05) is 49.7 Å². The molecule has 1 N–H and O–H groups in total. The second kappa shape index (κ2) is 7.27. The van der Waals surface area contributed by atoms with Gasteiger partial charge in [-0.25, -0.2) is 0 Å². The van der Waals surface area contributed by atoms with Gasteiger partial charge < -0.3 is 5.32 Å². The van der Waals surface area contributed by atoms with Crippen molar-refractivity contribution in [2.24, 2.45) is 7.05 Å². The second-order valence-corrected chi connectivity index (χ2v) is 5.84. The number of amides is 1. The van der Waals surface area contributed by atoms with Crippen molar-refractivity contribution in [1.29, 1.82) is 0 Å². The number of halogens is 1. The van der Waals surface area contributed by atoms with Crippen LogP contribution in [-0.2, 0) is 18.4 Å². The average Bonchev–Trinajstić information content (AvgIpc) is 2.82. The quantitative estimate of drug-likeness (QED) is 0.858. The van der Waals surface area contributed by atoms with E-state index in [0.717, 1.165) is 11.3 Å². The molecule has 1 aromatic carbocycles. The number of nitrogens with one attached hydrogen (secondary N) is 1. The zero-order valence-electron chi connectivity index (χ0n) is 13.0. The number of hydrogen-bond donors (Lipinski definition) is 1. The number of aromatic nitrogens is 2. The van der Waals surface area contributed by atoms with Crippen LogP contribution in [0.15, 0.2) is 36.5 Å². The first kappa shape index (κ1) is 16.3. The highest BCUT2D eigenvalue weighted by molar-refractivity contribution is 6.31. The van der Waals surface area contributed by atoms with Crippen LogP contribution in [0.2, 0.25) is 5.02 Å². The van der Waals surface area contributed by atoms with Crippen molar-refractivity contribution in [3.8, 4) is 0 Å². The van der Waals surface area contributed by atoms with Crippen LogP contribution < -0.4 is 5.32 Å². The van der Waals surface area contributed by atoms with E-state index in [1.54, 1.807) is 24.0 Å². The van der Waals surface area contributed by atoms with Gasteiger partial charge in [-0.3, -0.25) is 9.48 Å². The van der Waals surface area contributed by atoms with Crippen molar-refractivity contribution >= 4 is 23.6 Å². The van der Waals surface area contributed by atoms with E-state index in [9.17, 15) is 4.79 Å². The zero-order chi connectivity index (χ0) is 16.1. The predicted molar refractivity (Wildman–Crippen MR) is 89.6 cm³/mol. The van der Waals surface area contributed by atoms with Crippen LogP contribution in [0, 0.1) is 0 Å². The minimum atomic E-state index is -0.162. The lowest BCUT2D eigenvalue weighted by Crippen LogP contribution is -2.22. The van der Waals surface area contributed by atoms with Crippen molar-refractivity contribution in [2.75, 3.05) is 0 Å². The van der Waals surface area contributed by atoms with Crippen molar-refractivity contribution in [1.82, 2.24) is 15.1 Å². The molecule has 1 aromatic heterocycles. The molecule has 22 heavy (non-hydrogen) atoms. The molecule has 0 aliphatic carbocycles. The molecule has 1 heterocycles. The number of rotatable bonds is 5. The summed E-state index contributed by atoms with van der Waals surface area (Å²) in [5.41, 5.74) is 3.07. The molecule has 116 valence electrons. The number of benzene rings is 1. The van der Waals surface area contributed by atoms with Crippen LogP contribution in [0.25, 0.3) is 6.08 Å². The Bertz CT molecular complexity index is 652. The third kappa shape index (κ3) is 4.21. The van der Waals surface area contributed by atoms with Crippen LogP contribution in [0.1, 0.15) is 36.6 Å². The van der Waals surface area contributed by atoms with E-state index < -0.39 is 0 Å². The van der Waals surface area contributed by atoms with Crippen molar-refractivity contribution < 1.29 is 4.79 Å². The summed E-state index contributed by atoms with van der Waals surface area (Å²) < 4.78 is 1.65. The number of aryl methyl sites for hydroxylation is 1. The highest BCUT2D eigenvalue weighted by Gasteiger charge is 2.06. The average molecular weight is 318 g/mol. The molecule has 1 amide bonds. The third-order valence-corrected chi connectivity index (χ3v) is 3.79. The molecule has 5 heteroatoms. The maximum absolute atomic E-state index is 11.8. The van der Waals surface area contributed by atoms with Gasteiger partial charge in [0.1, 0.15) is 0 Å². The molecule has 0 atom stereocenters. The Balaban J connectivity index is 1.91. The fourth-order valence-corrected chi connectivity index (χ4v) is 2.26. The Hall–Kier alpha value is -2.07. The fourth-order valence-electron chi connectivity index (χ4n) is 2.03. The smallest absolute Gasteiger partial charge is 0.244 e. The first-order chi connectivity index (χ1) is 10.5. The van der Waals surface area contributed by atoms with Gasteiger partial charge in [-0.15, -0.1) is 0 Å². The van der Waals surface area contributed by atoms with E-state index in [0.29, 0.717) is 17.5 Å². The summed E-state index contributed by atoms with van der Waals surface area (Å²) in [7, 11) is 1.79. The number of hydrogen-bond acceptors (Lipinski definition) is 2.